The first kappa shape index (κ1) is 12.4. The van der Waals surface area contributed by atoms with Crippen molar-refractivity contribution in [2.24, 2.45) is 0 Å². The quantitative estimate of drug-likeness (QED) is 0.810. The molecule has 0 fully saturated rings. The summed E-state index contributed by atoms with van der Waals surface area (Å²) in [6.45, 7) is 11.5. The lowest BCUT2D eigenvalue weighted by atomic mass is 10.3. The molecule has 0 bridgehead atoms. The van der Waals surface area contributed by atoms with Crippen molar-refractivity contribution in [1.29, 1.82) is 0 Å². The molecule has 1 heterocycles. The van der Waals surface area contributed by atoms with Crippen molar-refractivity contribution in [1.82, 2.24) is 15.1 Å². The van der Waals surface area contributed by atoms with Crippen molar-refractivity contribution in [3.05, 3.63) is 5.01 Å². The maximum absolute atomic E-state index is 4.17. The largest absolute Gasteiger partial charge is 0.360 e. The first-order chi connectivity index (χ1) is 7.17. The molecule has 15 heavy (non-hydrogen) atoms. The molecule has 0 saturated carbocycles. The molecule has 0 radical (unpaired) electrons. The van der Waals surface area contributed by atoms with Gasteiger partial charge in [-0.2, -0.15) is 0 Å². The zero-order chi connectivity index (χ0) is 11.3. The van der Waals surface area contributed by atoms with Crippen LogP contribution >= 0.6 is 11.3 Å². The van der Waals surface area contributed by atoms with E-state index in [1.807, 2.05) is 0 Å². The van der Waals surface area contributed by atoms with Gasteiger partial charge in [-0.1, -0.05) is 18.3 Å². The summed E-state index contributed by atoms with van der Waals surface area (Å²) in [6.07, 6.45) is 0. The molecule has 0 unspecified atom stereocenters. The Balaban J connectivity index is 2.55. The van der Waals surface area contributed by atoms with Crippen molar-refractivity contribution in [2.45, 2.75) is 40.3 Å². The van der Waals surface area contributed by atoms with E-state index < -0.39 is 0 Å². The normalized spacial score (nSPS) is 11.3. The Labute approximate surface area is 95.7 Å². The van der Waals surface area contributed by atoms with Crippen LogP contribution in [0.15, 0.2) is 0 Å². The molecule has 0 aliphatic carbocycles. The van der Waals surface area contributed by atoms with Gasteiger partial charge < -0.3 is 5.32 Å². The molecule has 0 amide bonds. The topological polar surface area (TPSA) is 41.1 Å². The molecule has 0 aliphatic heterocycles. The van der Waals surface area contributed by atoms with Gasteiger partial charge in [0.2, 0.25) is 5.13 Å². The minimum atomic E-state index is 0.557. The summed E-state index contributed by atoms with van der Waals surface area (Å²) >= 11 is 1.64. The average Bonchev–Trinajstić information content (AvgIpc) is 2.62. The lowest BCUT2D eigenvalue weighted by Crippen LogP contribution is -2.29. The van der Waals surface area contributed by atoms with Crippen LogP contribution < -0.4 is 5.32 Å². The Morgan fingerprint density at radius 2 is 2.07 bits per heavy atom. The van der Waals surface area contributed by atoms with Gasteiger partial charge in [0, 0.05) is 12.6 Å². The van der Waals surface area contributed by atoms with E-state index >= 15 is 0 Å². The Bertz CT molecular complexity index is 285. The van der Waals surface area contributed by atoms with Gasteiger partial charge in [0.05, 0.1) is 6.54 Å². The summed E-state index contributed by atoms with van der Waals surface area (Å²) in [4.78, 5) is 2.37. The van der Waals surface area contributed by atoms with E-state index in [1.165, 1.54) is 0 Å². The molecule has 0 aromatic carbocycles. The van der Waals surface area contributed by atoms with E-state index in [2.05, 4.69) is 48.1 Å². The average molecular weight is 228 g/mol. The van der Waals surface area contributed by atoms with Crippen LogP contribution in [0.25, 0.3) is 0 Å². The molecule has 0 aliphatic rings. The second kappa shape index (κ2) is 6.02. The van der Waals surface area contributed by atoms with Gasteiger partial charge in [-0.3, -0.25) is 4.90 Å². The van der Waals surface area contributed by atoms with Crippen LogP contribution in [0.5, 0.6) is 0 Å². The van der Waals surface area contributed by atoms with Crippen LogP contribution in [0, 0.1) is 0 Å². The van der Waals surface area contributed by atoms with Gasteiger partial charge in [0.1, 0.15) is 5.01 Å². The predicted molar refractivity (Wildman–Crippen MR) is 65.3 cm³/mol. The van der Waals surface area contributed by atoms with E-state index in [1.54, 1.807) is 11.3 Å². The van der Waals surface area contributed by atoms with Crippen molar-refractivity contribution in [2.75, 3.05) is 18.4 Å². The molecule has 0 saturated heterocycles. The third kappa shape index (κ3) is 3.76. The van der Waals surface area contributed by atoms with E-state index in [9.17, 15) is 0 Å². The van der Waals surface area contributed by atoms with E-state index in [-0.39, 0.29) is 0 Å². The summed E-state index contributed by atoms with van der Waals surface area (Å²) < 4.78 is 0. The van der Waals surface area contributed by atoms with Crippen LogP contribution in [-0.2, 0) is 6.54 Å². The molecule has 4 nitrogen and oxygen atoms in total. The van der Waals surface area contributed by atoms with Crippen molar-refractivity contribution in [3.8, 4) is 0 Å². The number of nitrogens with zero attached hydrogens (tertiary/aromatic N) is 3. The van der Waals surface area contributed by atoms with E-state index in [0.29, 0.717) is 6.04 Å². The molecule has 1 rings (SSSR count). The van der Waals surface area contributed by atoms with Gasteiger partial charge in [-0.25, -0.2) is 0 Å². The van der Waals surface area contributed by atoms with Gasteiger partial charge in [0.15, 0.2) is 0 Å². The van der Waals surface area contributed by atoms with Crippen LogP contribution in [0.4, 0.5) is 5.13 Å². The molecule has 5 heteroatoms. The number of aromatic nitrogens is 2. The third-order valence-electron chi connectivity index (χ3n) is 2.27. The van der Waals surface area contributed by atoms with Crippen molar-refractivity contribution >= 4 is 16.5 Å². The lowest BCUT2D eigenvalue weighted by Gasteiger charge is -2.22. The lowest BCUT2D eigenvalue weighted by molar-refractivity contribution is 0.224. The molecule has 1 aromatic rings. The number of nitrogens with one attached hydrogen (secondary N) is 1. The molecular formula is C10H20N4S. The van der Waals surface area contributed by atoms with Crippen LogP contribution in [0.2, 0.25) is 0 Å². The van der Waals surface area contributed by atoms with Gasteiger partial charge in [0.25, 0.3) is 0 Å². The van der Waals surface area contributed by atoms with Crippen molar-refractivity contribution < 1.29 is 0 Å². The maximum Gasteiger partial charge on any atom is 0.205 e. The minimum absolute atomic E-state index is 0.557. The van der Waals surface area contributed by atoms with Crippen LogP contribution in [-0.4, -0.2) is 34.2 Å². The fourth-order valence-electron chi connectivity index (χ4n) is 1.37. The summed E-state index contributed by atoms with van der Waals surface area (Å²) in [7, 11) is 0. The van der Waals surface area contributed by atoms with Crippen LogP contribution in [0.3, 0.4) is 0 Å². The van der Waals surface area contributed by atoms with E-state index in [0.717, 1.165) is 29.8 Å². The number of anilines is 1. The Morgan fingerprint density at radius 3 is 2.60 bits per heavy atom. The highest BCUT2D eigenvalue weighted by atomic mass is 32.1. The van der Waals surface area contributed by atoms with Crippen molar-refractivity contribution in [3.63, 3.8) is 0 Å². The van der Waals surface area contributed by atoms with Crippen LogP contribution in [0.1, 0.15) is 32.7 Å². The Morgan fingerprint density at radius 1 is 1.33 bits per heavy atom. The van der Waals surface area contributed by atoms with E-state index in [4.69, 9.17) is 0 Å². The molecule has 1 N–H and O–H groups in total. The number of hydrogen-bond acceptors (Lipinski definition) is 5. The first-order valence-corrected chi connectivity index (χ1v) is 6.29. The standard InChI is InChI=1S/C10H20N4S/c1-5-11-10-13-12-9(15-10)7-14(6-2)8(3)4/h8H,5-7H2,1-4H3,(H,11,13). The monoisotopic (exact) mass is 228 g/mol. The highest BCUT2D eigenvalue weighted by molar-refractivity contribution is 7.15. The molecular weight excluding hydrogens is 208 g/mol. The summed E-state index contributed by atoms with van der Waals surface area (Å²) in [5.74, 6) is 0. The molecule has 86 valence electrons. The third-order valence-corrected chi connectivity index (χ3v) is 3.14. The predicted octanol–water partition coefficient (Wildman–Crippen LogP) is 2.20. The number of rotatable bonds is 6. The second-order valence-corrected chi connectivity index (χ2v) is 4.75. The first-order valence-electron chi connectivity index (χ1n) is 5.47. The SMILES string of the molecule is CCNc1nnc(CN(CC)C(C)C)s1. The highest BCUT2D eigenvalue weighted by Crippen LogP contribution is 2.17. The fraction of sp³-hybridized carbons (Fsp3) is 0.800. The maximum atomic E-state index is 4.17. The zero-order valence-electron chi connectivity index (χ0n) is 9.95. The molecule has 1 aromatic heterocycles. The molecule has 0 atom stereocenters. The van der Waals surface area contributed by atoms with Gasteiger partial charge in [-0.15, -0.1) is 10.2 Å². The smallest absolute Gasteiger partial charge is 0.205 e. The zero-order valence-corrected chi connectivity index (χ0v) is 10.8. The van der Waals surface area contributed by atoms with Gasteiger partial charge in [-0.05, 0) is 27.3 Å². The summed E-state index contributed by atoms with van der Waals surface area (Å²) in [6, 6.07) is 0.557. The summed E-state index contributed by atoms with van der Waals surface area (Å²) in [5.41, 5.74) is 0. The fourth-order valence-corrected chi connectivity index (χ4v) is 2.21. The number of hydrogen-bond donors (Lipinski definition) is 1. The Hall–Kier alpha value is -0.680. The second-order valence-electron chi connectivity index (χ2n) is 3.69. The Kier molecular flexibility index (Phi) is 4.98. The van der Waals surface area contributed by atoms with Gasteiger partial charge >= 0.3 is 0 Å². The molecule has 0 spiro atoms. The minimum Gasteiger partial charge on any atom is -0.360 e. The summed E-state index contributed by atoms with van der Waals surface area (Å²) in [5, 5.41) is 13.4. The highest BCUT2D eigenvalue weighted by Gasteiger charge is 2.11.